The van der Waals surface area contributed by atoms with Crippen LogP contribution in [0.4, 0.5) is 0 Å². The number of piperidine rings is 2. The van der Waals surface area contributed by atoms with E-state index in [1.807, 2.05) is 45.0 Å². The fourth-order valence-electron chi connectivity index (χ4n) is 6.73. The fraction of sp³-hybridized carbons (Fsp3) is 0.306. The van der Waals surface area contributed by atoms with Gasteiger partial charge in [-0.05, 0) is 79.8 Å². The van der Waals surface area contributed by atoms with Crippen LogP contribution < -0.4 is 0 Å². The molecule has 0 N–H and O–H groups in total. The summed E-state index contributed by atoms with van der Waals surface area (Å²) in [6, 6.07) is 25.8. The summed E-state index contributed by atoms with van der Waals surface area (Å²) in [7, 11) is -8.17. The SMILES string of the molecule is CCc1ccc([C@@H]2C[C@H]3[C@@H](CN2S(=O)(=O)c2ccc(C)cc2)C(=O)C[C@@H](c2ccc(Cl)cc2)N3S(=O)(=O)c2ccc(C)cc2)cc1. The molecular weight excluding hydrogens is 640 g/mol. The van der Waals surface area contributed by atoms with E-state index in [1.54, 1.807) is 72.8 Å². The van der Waals surface area contributed by atoms with Gasteiger partial charge in [0.2, 0.25) is 20.0 Å². The zero-order valence-corrected chi connectivity index (χ0v) is 28.4. The molecule has 0 amide bonds. The van der Waals surface area contributed by atoms with Crippen LogP contribution in [0, 0.1) is 19.8 Å². The lowest BCUT2D eigenvalue weighted by Crippen LogP contribution is -2.60. The van der Waals surface area contributed by atoms with Gasteiger partial charge in [0.15, 0.2) is 0 Å². The average molecular weight is 677 g/mol. The lowest BCUT2D eigenvalue weighted by Gasteiger charge is -2.51. The Balaban J connectivity index is 1.51. The maximum atomic E-state index is 14.6. The number of hydrogen-bond donors (Lipinski definition) is 0. The van der Waals surface area contributed by atoms with E-state index in [-0.39, 0.29) is 35.0 Å². The number of carbonyl (C=O) groups excluding carboxylic acids is 1. The predicted molar refractivity (Wildman–Crippen MR) is 180 cm³/mol. The van der Waals surface area contributed by atoms with Crippen LogP contribution in [0.25, 0.3) is 0 Å². The van der Waals surface area contributed by atoms with Crippen molar-refractivity contribution in [1.82, 2.24) is 8.61 Å². The first kappa shape index (κ1) is 32.6. The van der Waals surface area contributed by atoms with Crippen LogP contribution in [0.2, 0.25) is 5.02 Å². The molecule has 4 atom stereocenters. The van der Waals surface area contributed by atoms with Crippen molar-refractivity contribution >= 4 is 37.4 Å². The third kappa shape index (κ3) is 6.07. The largest absolute Gasteiger partial charge is 0.299 e. The number of rotatable bonds is 7. The van der Waals surface area contributed by atoms with Gasteiger partial charge < -0.3 is 0 Å². The van der Waals surface area contributed by atoms with Gasteiger partial charge in [0, 0.05) is 29.9 Å². The minimum absolute atomic E-state index is 0.0812. The molecule has 2 aliphatic heterocycles. The van der Waals surface area contributed by atoms with Crippen molar-refractivity contribution in [1.29, 1.82) is 0 Å². The molecule has 0 unspecified atom stereocenters. The molecule has 46 heavy (non-hydrogen) atoms. The molecule has 2 aliphatic rings. The van der Waals surface area contributed by atoms with E-state index in [1.165, 1.54) is 8.61 Å². The zero-order chi connectivity index (χ0) is 32.8. The second-order valence-electron chi connectivity index (χ2n) is 12.3. The lowest BCUT2D eigenvalue weighted by molar-refractivity contribution is -0.132. The Kier molecular flexibility index (Phi) is 8.99. The normalized spacial score (nSPS) is 22.8. The number of aryl methyl sites for hydroxylation is 3. The summed E-state index contributed by atoms with van der Waals surface area (Å²) in [6.45, 7) is 5.70. The van der Waals surface area contributed by atoms with Gasteiger partial charge in [-0.15, -0.1) is 0 Å². The van der Waals surface area contributed by atoms with E-state index >= 15 is 0 Å². The number of Topliss-reactive ketones (excluding diaryl/α,β-unsaturated/α-hetero) is 1. The molecule has 2 fully saturated rings. The van der Waals surface area contributed by atoms with Crippen LogP contribution in [0.1, 0.15) is 59.7 Å². The quantitative estimate of drug-likeness (QED) is 0.209. The Morgan fingerprint density at radius 1 is 0.696 bits per heavy atom. The van der Waals surface area contributed by atoms with Gasteiger partial charge in [-0.25, -0.2) is 16.8 Å². The van der Waals surface area contributed by atoms with Crippen molar-refractivity contribution < 1.29 is 21.6 Å². The van der Waals surface area contributed by atoms with Gasteiger partial charge in [0.1, 0.15) is 5.78 Å². The molecule has 4 aromatic rings. The zero-order valence-electron chi connectivity index (χ0n) is 26.0. The van der Waals surface area contributed by atoms with Crippen LogP contribution in [0.3, 0.4) is 0 Å². The average Bonchev–Trinajstić information content (AvgIpc) is 3.05. The van der Waals surface area contributed by atoms with Crippen molar-refractivity contribution in [2.45, 2.75) is 68.0 Å². The van der Waals surface area contributed by atoms with Crippen molar-refractivity contribution in [3.05, 3.63) is 130 Å². The molecule has 10 heteroatoms. The fourth-order valence-corrected chi connectivity index (χ4v) is 10.4. The highest BCUT2D eigenvalue weighted by Gasteiger charge is 2.54. The first-order valence-corrected chi connectivity index (χ1v) is 18.7. The maximum Gasteiger partial charge on any atom is 0.243 e. The summed E-state index contributed by atoms with van der Waals surface area (Å²) in [5.74, 6) is -1.01. The van der Waals surface area contributed by atoms with Crippen LogP contribution in [-0.2, 0) is 31.3 Å². The highest BCUT2D eigenvalue weighted by atomic mass is 35.5. The molecule has 240 valence electrons. The van der Waals surface area contributed by atoms with Crippen LogP contribution in [0.5, 0.6) is 0 Å². The molecule has 0 aliphatic carbocycles. The number of carbonyl (C=O) groups is 1. The topological polar surface area (TPSA) is 91.8 Å². The van der Waals surface area contributed by atoms with E-state index < -0.39 is 44.1 Å². The van der Waals surface area contributed by atoms with Gasteiger partial charge >= 0.3 is 0 Å². The van der Waals surface area contributed by atoms with Crippen LogP contribution in [0.15, 0.2) is 107 Å². The second-order valence-corrected chi connectivity index (χ2v) is 16.5. The summed E-state index contributed by atoms with van der Waals surface area (Å²) in [5.41, 5.74) is 4.36. The number of hydrogen-bond acceptors (Lipinski definition) is 5. The molecule has 4 aromatic carbocycles. The first-order chi connectivity index (χ1) is 21.9. The highest BCUT2D eigenvalue weighted by molar-refractivity contribution is 7.89. The van der Waals surface area contributed by atoms with Crippen molar-refractivity contribution in [2.75, 3.05) is 6.54 Å². The standard InChI is InChI=1S/C36H37ClN2O5S2/c1-4-26-9-11-27(12-10-26)33-21-35-32(23-38(33)45(41,42)30-17-5-24(2)6-18-30)36(40)22-34(28-13-15-29(37)16-14-28)39(35)46(43,44)31-19-7-25(3)8-20-31/h5-20,32-35H,4,21-23H2,1-3H3/t32-,33+,34+,35+/m1/s1. The molecule has 7 nitrogen and oxygen atoms in total. The molecule has 0 radical (unpaired) electrons. The number of halogens is 1. The molecule has 2 saturated heterocycles. The minimum atomic E-state index is -4.13. The van der Waals surface area contributed by atoms with Gasteiger partial charge in [0.25, 0.3) is 0 Å². The highest BCUT2D eigenvalue weighted by Crippen LogP contribution is 2.48. The van der Waals surface area contributed by atoms with Crippen molar-refractivity contribution in [2.24, 2.45) is 5.92 Å². The number of benzene rings is 4. The molecule has 0 bridgehead atoms. The third-order valence-corrected chi connectivity index (χ3v) is 13.4. The van der Waals surface area contributed by atoms with Crippen molar-refractivity contribution in [3.63, 3.8) is 0 Å². The van der Waals surface area contributed by atoms with Gasteiger partial charge in [-0.1, -0.05) is 90.3 Å². The Morgan fingerprint density at radius 3 is 1.74 bits per heavy atom. The van der Waals surface area contributed by atoms with E-state index in [2.05, 4.69) is 0 Å². The van der Waals surface area contributed by atoms with E-state index in [0.29, 0.717) is 10.6 Å². The number of fused-ring (bicyclic) bond motifs is 1. The van der Waals surface area contributed by atoms with Gasteiger partial charge in [-0.3, -0.25) is 4.79 Å². The Labute approximate surface area is 276 Å². The molecule has 0 saturated carbocycles. The van der Waals surface area contributed by atoms with E-state index in [9.17, 15) is 21.6 Å². The third-order valence-electron chi connectivity index (χ3n) is 9.35. The lowest BCUT2D eigenvalue weighted by atomic mass is 9.77. The number of sulfonamides is 2. The molecule has 2 heterocycles. The second kappa shape index (κ2) is 12.7. The van der Waals surface area contributed by atoms with Gasteiger partial charge in [-0.2, -0.15) is 8.61 Å². The summed E-state index contributed by atoms with van der Waals surface area (Å²) in [6.07, 6.45) is 0.852. The smallest absolute Gasteiger partial charge is 0.243 e. The predicted octanol–water partition coefficient (Wildman–Crippen LogP) is 7.04. The first-order valence-electron chi connectivity index (χ1n) is 15.5. The summed E-state index contributed by atoms with van der Waals surface area (Å²) in [4.78, 5) is 14.3. The molecular formula is C36H37ClN2O5S2. The Morgan fingerprint density at radius 2 is 1.20 bits per heavy atom. The summed E-state index contributed by atoms with van der Waals surface area (Å²) >= 11 is 6.19. The Hall–Kier alpha value is -3.34. The minimum Gasteiger partial charge on any atom is -0.299 e. The molecule has 6 rings (SSSR count). The van der Waals surface area contributed by atoms with E-state index in [4.69, 9.17) is 11.6 Å². The molecule has 0 spiro atoms. The number of nitrogens with zero attached hydrogens (tertiary/aromatic N) is 2. The van der Waals surface area contributed by atoms with Crippen LogP contribution >= 0.6 is 11.6 Å². The summed E-state index contributed by atoms with van der Waals surface area (Å²) < 4.78 is 60.8. The maximum absolute atomic E-state index is 14.6. The number of ketones is 1. The Bertz CT molecular complexity index is 1950. The summed E-state index contributed by atoms with van der Waals surface area (Å²) in [5, 5.41) is 0.502. The molecule has 0 aromatic heterocycles. The van der Waals surface area contributed by atoms with Crippen molar-refractivity contribution in [3.8, 4) is 0 Å². The van der Waals surface area contributed by atoms with E-state index in [0.717, 1.165) is 28.7 Å². The van der Waals surface area contributed by atoms with Crippen LogP contribution in [-0.4, -0.2) is 43.8 Å². The monoisotopic (exact) mass is 676 g/mol. The van der Waals surface area contributed by atoms with Gasteiger partial charge in [0.05, 0.1) is 21.9 Å².